The van der Waals surface area contributed by atoms with E-state index in [1.54, 1.807) is 0 Å². The Morgan fingerprint density at radius 3 is 1.14 bits per heavy atom. The maximum atomic E-state index is 4.82. The minimum absolute atomic E-state index is 0.858. The van der Waals surface area contributed by atoms with Gasteiger partial charge in [-0.1, -0.05) is 152 Å². The molecule has 0 radical (unpaired) electrons. The molecule has 0 saturated heterocycles. The Labute approximate surface area is 219 Å². The molecule has 0 aliphatic carbocycles. The molecule has 0 unspecified atom stereocenters. The summed E-state index contributed by atoms with van der Waals surface area (Å²) in [6.45, 7) is -0.0821. The van der Waals surface area contributed by atoms with Crippen molar-refractivity contribution in [2.24, 2.45) is 10.2 Å². The summed E-state index contributed by atoms with van der Waals surface area (Å²) in [7, 11) is 0. The van der Waals surface area contributed by atoms with Gasteiger partial charge in [-0.25, -0.2) is 0 Å². The van der Waals surface area contributed by atoms with Gasteiger partial charge in [-0.2, -0.15) is 5.10 Å². The van der Waals surface area contributed by atoms with Crippen LogP contribution in [-0.2, 0) is 0 Å². The van der Waals surface area contributed by atoms with Crippen LogP contribution in [0.5, 0.6) is 0 Å². The van der Waals surface area contributed by atoms with E-state index in [4.69, 9.17) is 10.2 Å². The first-order valence-electron chi connectivity index (χ1n) is 12.4. The molecule has 0 aliphatic heterocycles. The van der Waals surface area contributed by atoms with Crippen molar-refractivity contribution in [3.05, 3.63) is 163 Å². The number of hydrogen-bond donors (Lipinski definition) is 0. The normalized spacial score (nSPS) is 11.5. The van der Waals surface area contributed by atoms with Crippen LogP contribution in [0, 0.1) is 0 Å². The van der Waals surface area contributed by atoms with Crippen LogP contribution in [-0.4, -0.2) is 17.2 Å². The summed E-state index contributed by atoms with van der Waals surface area (Å²) in [4.78, 5) is 0. The lowest BCUT2D eigenvalue weighted by molar-refractivity contribution is 1.23. The van der Waals surface area contributed by atoms with E-state index < -0.39 is 6.89 Å². The second-order valence-electron chi connectivity index (χ2n) is 8.78. The fourth-order valence-corrected chi connectivity index (χ4v) is 8.45. The van der Waals surface area contributed by atoms with Gasteiger partial charge in [0.1, 0.15) is 5.71 Å². The Bertz CT molecular complexity index is 1400. The molecule has 180 valence electrons. The van der Waals surface area contributed by atoms with Crippen molar-refractivity contribution in [3.63, 3.8) is 0 Å². The number of nitrogens with zero attached hydrogens (tertiary/aromatic N) is 2. The molecule has 0 heterocycles. The molecule has 5 aromatic carbocycles. The van der Waals surface area contributed by atoms with Crippen molar-refractivity contribution < 1.29 is 0 Å². The van der Waals surface area contributed by atoms with E-state index in [2.05, 4.69) is 128 Å². The predicted octanol–water partition coefficient (Wildman–Crippen LogP) is 6.70. The van der Waals surface area contributed by atoms with Crippen molar-refractivity contribution in [1.82, 2.24) is 0 Å². The Hall–Kier alpha value is -4.26. The van der Waals surface area contributed by atoms with Crippen LogP contribution in [0.2, 0.25) is 0 Å². The van der Waals surface area contributed by atoms with Gasteiger partial charge in [-0.05, 0) is 35.5 Å². The summed E-state index contributed by atoms with van der Waals surface area (Å²) in [5.41, 5.74) is 3.83. The van der Waals surface area contributed by atoms with Crippen molar-refractivity contribution in [2.75, 3.05) is 0 Å². The minimum atomic E-state index is -2.14. The molecule has 0 N–H and O–H groups in total. The first-order valence-corrected chi connectivity index (χ1v) is 14.3. The molecular weight excluding hydrogens is 467 g/mol. The Morgan fingerprint density at radius 1 is 0.459 bits per heavy atom. The van der Waals surface area contributed by atoms with Gasteiger partial charge in [0.05, 0.1) is 5.71 Å². The van der Waals surface area contributed by atoms with E-state index >= 15 is 0 Å². The molecule has 0 aliphatic rings. The molecule has 2 nitrogen and oxygen atoms in total. The molecule has 5 aromatic rings. The van der Waals surface area contributed by atoms with Crippen LogP contribution in [0.3, 0.4) is 0 Å². The predicted molar refractivity (Wildman–Crippen MR) is 163 cm³/mol. The van der Waals surface area contributed by atoms with E-state index in [0.717, 1.165) is 22.6 Å². The highest BCUT2D eigenvalue weighted by atomic mass is 31.2. The summed E-state index contributed by atoms with van der Waals surface area (Å²) < 4.78 is 0. The molecule has 0 saturated carbocycles. The quantitative estimate of drug-likeness (QED) is 0.136. The van der Waals surface area contributed by atoms with Gasteiger partial charge >= 0.3 is 0 Å². The highest BCUT2D eigenvalue weighted by Crippen LogP contribution is 2.43. The standard InChI is InChI=1S/C34H29N2P/c1-28(35-36-34(29-17-7-2-8-18-29)30-19-9-3-10-20-30)27-37(31-21-11-4-12-22-31,32-23-13-5-14-24-32)33-25-15-6-16-26-33/h2-27H,1H3/b35-28-. The third kappa shape index (κ3) is 5.45. The van der Waals surface area contributed by atoms with Gasteiger partial charge in [0.15, 0.2) is 0 Å². The molecule has 3 heteroatoms. The molecule has 0 bridgehead atoms. The van der Waals surface area contributed by atoms with Crippen LogP contribution in [0.25, 0.3) is 0 Å². The van der Waals surface area contributed by atoms with Crippen LogP contribution < -0.4 is 15.9 Å². The third-order valence-corrected chi connectivity index (χ3v) is 10.4. The zero-order valence-corrected chi connectivity index (χ0v) is 21.7. The summed E-state index contributed by atoms with van der Waals surface area (Å²) >= 11 is 0. The number of hydrogen-bond acceptors (Lipinski definition) is 2. The summed E-state index contributed by atoms with van der Waals surface area (Å²) in [6.07, 6.45) is 0. The van der Waals surface area contributed by atoms with E-state index in [9.17, 15) is 0 Å². The van der Waals surface area contributed by atoms with Gasteiger partial charge in [-0.3, -0.25) is 0 Å². The van der Waals surface area contributed by atoms with E-state index in [0.29, 0.717) is 0 Å². The van der Waals surface area contributed by atoms with Gasteiger partial charge in [0.2, 0.25) is 0 Å². The topological polar surface area (TPSA) is 24.7 Å². The van der Waals surface area contributed by atoms with Crippen molar-refractivity contribution in [1.29, 1.82) is 0 Å². The maximum Gasteiger partial charge on any atom is 0.100 e. The maximum absolute atomic E-state index is 4.82. The molecule has 0 atom stereocenters. The average molecular weight is 497 g/mol. The molecule has 37 heavy (non-hydrogen) atoms. The summed E-state index contributed by atoms with van der Waals surface area (Å²) in [5, 5.41) is 13.5. The van der Waals surface area contributed by atoms with Gasteiger partial charge in [0, 0.05) is 11.1 Å². The Kier molecular flexibility index (Phi) is 7.69. The molecule has 0 amide bonds. The van der Waals surface area contributed by atoms with Gasteiger partial charge in [-0.15, -0.1) is 5.10 Å². The zero-order chi connectivity index (χ0) is 25.3. The van der Waals surface area contributed by atoms with Gasteiger partial charge in [0.25, 0.3) is 0 Å². The van der Waals surface area contributed by atoms with Gasteiger partial charge < -0.3 is 0 Å². The SMILES string of the molecule is C/C(C=P(c1ccccc1)(c1ccccc1)c1ccccc1)=N/N=C(c1ccccc1)c1ccccc1. The zero-order valence-electron chi connectivity index (χ0n) is 20.9. The molecule has 0 spiro atoms. The molecular formula is C34H29N2P. The van der Waals surface area contributed by atoms with Crippen LogP contribution >= 0.6 is 6.89 Å². The van der Waals surface area contributed by atoms with E-state index in [-0.39, 0.29) is 0 Å². The molecule has 0 aromatic heterocycles. The second kappa shape index (κ2) is 11.6. The lowest BCUT2D eigenvalue weighted by Gasteiger charge is -2.28. The lowest BCUT2D eigenvalue weighted by Crippen LogP contribution is -2.28. The Balaban J connectivity index is 1.74. The van der Waals surface area contributed by atoms with Crippen molar-refractivity contribution >= 4 is 40.0 Å². The molecule has 0 fully saturated rings. The minimum Gasteiger partial charge on any atom is -0.155 e. The number of benzene rings is 5. The second-order valence-corrected chi connectivity index (χ2v) is 12.0. The van der Waals surface area contributed by atoms with Crippen LogP contribution in [0.1, 0.15) is 18.1 Å². The fourth-order valence-electron chi connectivity index (χ4n) is 4.57. The summed E-state index contributed by atoms with van der Waals surface area (Å²) in [6, 6.07) is 52.9. The van der Waals surface area contributed by atoms with Crippen LogP contribution in [0.4, 0.5) is 0 Å². The van der Waals surface area contributed by atoms with Crippen LogP contribution in [0.15, 0.2) is 162 Å². The first kappa shape index (κ1) is 24.4. The molecule has 5 rings (SSSR count). The average Bonchev–Trinajstić information content (AvgIpc) is 2.98. The fraction of sp³-hybridized carbons (Fsp3) is 0.0294. The largest absolute Gasteiger partial charge is 0.155 e. The first-order chi connectivity index (χ1) is 18.3. The third-order valence-electron chi connectivity index (χ3n) is 6.27. The van der Waals surface area contributed by atoms with E-state index in [1.165, 1.54) is 15.9 Å². The summed E-state index contributed by atoms with van der Waals surface area (Å²) in [5.74, 6) is 2.35. The van der Waals surface area contributed by atoms with Crippen molar-refractivity contribution in [3.8, 4) is 0 Å². The monoisotopic (exact) mass is 496 g/mol. The van der Waals surface area contributed by atoms with Crippen molar-refractivity contribution in [2.45, 2.75) is 6.92 Å². The number of rotatable bonds is 7. The smallest absolute Gasteiger partial charge is 0.100 e. The lowest BCUT2D eigenvalue weighted by atomic mass is 10.0. The van der Waals surface area contributed by atoms with E-state index in [1.807, 2.05) is 36.4 Å². The Morgan fingerprint density at radius 2 is 0.784 bits per heavy atom. The highest BCUT2D eigenvalue weighted by Gasteiger charge is 2.25. The highest BCUT2D eigenvalue weighted by molar-refractivity contribution is 7.95.